The lowest BCUT2D eigenvalue weighted by Gasteiger charge is -2.26. The lowest BCUT2D eigenvalue weighted by atomic mass is 9.80. The van der Waals surface area contributed by atoms with Crippen LogP contribution in [0.5, 0.6) is 5.75 Å². The summed E-state index contributed by atoms with van der Waals surface area (Å²) < 4.78 is 0. The van der Waals surface area contributed by atoms with Gasteiger partial charge in [0.25, 0.3) is 0 Å². The molecule has 1 aromatic rings. The second kappa shape index (κ2) is 4.75. The van der Waals surface area contributed by atoms with Crippen molar-refractivity contribution in [2.24, 2.45) is 5.73 Å². The number of carbonyl (C=O) groups is 1. The van der Waals surface area contributed by atoms with Gasteiger partial charge < -0.3 is 15.9 Å². The summed E-state index contributed by atoms with van der Waals surface area (Å²) in [5, 5.41) is 19.0. The van der Waals surface area contributed by atoms with Crippen molar-refractivity contribution >= 4 is 5.97 Å². The molecule has 94 valence electrons. The molecule has 1 rings (SSSR count). The maximum Gasteiger partial charge on any atom is 0.325 e. The van der Waals surface area contributed by atoms with Crippen LogP contribution < -0.4 is 5.73 Å². The van der Waals surface area contributed by atoms with Gasteiger partial charge in [0.2, 0.25) is 0 Å². The van der Waals surface area contributed by atoms with Crippen molar-refractivity contribution in [2.75, 3.05) is 0 Å². The van der Waals surface area contributed by atoms with E-state index in [1.165, 1.54) is 0 Å². The highest BCUT2D eigenvalue weighted by Crippen LogP contribution is 2.37. The second-order valence-corrected chi connectivity index (χ2v) is 4.80. The van der Waals surface area contributed by atoms with E-state index in [0.717, 1.165) is 12.0 Å². The van der Waals surface area contributed by atoms with Gasteiger partial charge in [-0.05, 0) is 17.4 Å². The van der Waals surface area contributed by atoms with Crippen LogP contribution in [0.1, 0.15) is 44.4 Å². The number of hydrogen-bond acceptors (Lipinski definition) is 3. The molecule has 0 aliphatic rings. The number of phenols is 1. The molecule has 0 heterocycles. The van der Waals surface area contributed by atoms with Crippen LogP contribution in [0.15, 0.2) is 18.2 Å². The van der Waals surface area contributed by atoms with Crippen molar-refractivity contribution in [1.29, 1.82) is 0 Å². The van der Waals surface area contributed by atoms with Crippen LogP contribution in [0.4, 0.5) is 0 Å². The number of benzene rings is 1. The van der Waals surface area contributed by atoms with E-state index in [9.17, 15) is 9.90 Å². The molecule has 1 atom stereocenters. The van der Waals surface area contributed by atoms with Crippen molar-refractivity contribution in [3.8, 4) is 5.75 Å². The molecule has 0 unspecified atom stereocenters. The van der Waals surface area contributed by atoms with Crippen LogP contribution in [-0.4, -0.2) is 16.2 Å². The van der Waals surface area contributed by atoms with Crippen molar-refractivity contribution in [2.45, 2.75) is 38.6 Å². The minimum absolute atomic E-state index is 0.00532. The van der Waals surface area contributed by atoms with E-state index in [1.807, 2.05) is 20.8 Å². The molecule has 4 nitrogen and oxygen atoms in total. The molecule has 1 aromatic carbocycles. The van der Waals surface area contributed by atoms with Gasteiger partial charge in [-0.2, -0.15) is 0 Å². The van der Waals surface area contributed by atoms with Crippen LogP contribution in [0.2, 0.25) is 0 Å². The lowest BCUT2D eigenvalue weighted by molar-refractivity contribution is -0.138. The summed E-state index contributed by atoms with van der Waals surface area (Å²) in [7, 11) is 0. The lowest BCUT2D eigenvalue weighted by Crippen LogP contribution is -2.22. The fourth-order valence-electron chi connectivity index (χ4n) is 1.68. The van der Waals surface area contributed by atoms with Crippen molar-refractivity contribution in [1.82, 2.24) is 0 Å². The largest absolute Gasteiger partial charge is 0.507 e. The van der Waals surface area contributed by atoms with Crippen molar-refractivity contribution in [3.05, 3.63) is 29.3 Å². The van der Waals surface area contributed by atoms with Gasteiger partial charge >= 0.3 is 5.97 Å². The number of hydrogen-bond donors (Lipinski definition) is 3. The van der Waals surface area contributed by atoms with Crippen LogP contribution >= 0.6 is 0 Å². The average molecular weight is 237 g/mol. The third-order valence-corrected chi connectivity index (χ3v) is 3.28. The van der Waals surface area contributed by atoms with E-state index in [2.05, 4.69) is 0 Å². The highest BCUT2D eigenvalue weighted by molar-refractivity contribution is 5.76. The minimum Gasteiger partial charge on any atom is -0.507 e. The monoisotopic (exact) mass is 237 g/mol. The number of para-hydroxylation sites is 1. The molecule has 0 fully saturated rings. The van der Waals surface area contributed by atoms with Crippen molar-refractivity contribution in [3.63, 3.8) is 0 Å². The molecule has 0 radical (unpaired) electrons. The average Bonchev–Trinajstić information content (AvgIpc) is 2.28. The molecule has 0 saturated heterocycles. The summed E-state index contributed by atoms with van der Waals surface area (Å²) in [6, 6.07) is 3.88. The smallest absolute Gasteiger partial charge is 0.325 e. The van der Waals surface area contributed by atoms with Gasteiger partial charge in [-0.3, -0.25) is 4.79 Å². The van der Waals surface area contributed by atoms with E-state index < -0.39 is 12.0 Å². The molecular formula is C13H19NO3. The fraction of sp³-hybridized carbons (Fsp3) is 0.462. The van der Waals surface area contributed by atoms with E-state index in [-0.39, 0.29) is 16.7 Å². The topological polar surface area (TPSA) is 83.6 Å². The zero-order valence-electron chi connectivity index (χ0n) is 10.4. The number of phenolic OH excluding ortho intramolecular Hbond substituents is 1. The number of aliphatic carboxylic acids is 1. The molecule has 17 heavy (non-hydrogen) atoms. The summed E-state index contributed by atoms with van der Waals surface area (Å²) in [6.45, 7) is 6.01. The molecule has 0 aliphatic carbocycles. The molecule has 0 aliphatic heterocycles. The van der Waals surface area contributed by atoms with Gasteiger partial charge in [0.15, 0.2) is 0 Å². The molecule has 4 heteroatoms. The van der Waals surface area contributed by atoms with Crippen LogP contribution in [0.25, 0.3) is 0 Å². The number of rotatable bonds is 4. The van der Waals surface area contributed by atoms with E-state index in [4.69, 9.17) is 10.8 Å². The maximum absolute atomic E-state index is 10.8. The summed E-state index contributed by atoms with van der Waals surface area (Å²) in [6.07, 6.45) is 0.840. The maximum atomic E-state index is 10.8. The standard InChI is InChI=1S/C13H19NO3/c1-4-13(2,3)9-7-5-6-8(11(9)15)10(14)12(16)17/h5-7,10,15H,4,14H2,1-3H3,(H,16,17)/t10-/m0/s1. The third-order valence-electron chi connectivity index (χ3n) is 3.28. The Kier molecular flexibility index (Phi) is 3.78. The predicted octanol–water partition coefficient (Wildman–Crippen LogP) is 2.16. The van der Waals surface area contributed by atoms with Gasteiger partial charge in [-0.1, -0.05) is 39.0 Å². The van der Waals surface area contributed by atoms with E-state index in [1.54, 1.807) is 18.2 Å². The van der Waals surface area contributed by atoms with Gasteiger partial charge in [-0.15, -0.1) is 0 Å². The van der Waals surface area contributed by atoms with Crippen molar-refractivity contribution < 1.29 is 15.0 Å². The Morgan fingerprint density at radius 1 is 1.47 bits per heavy atom. The van der Waals surface area contributed by atoms with Crippen LogP contribution in [0, 0.1) is 0 Å². The second-order valence-electron chi connectivity index (χ2n) is 4.80. The minimum atomic E-state index is -1.19. The molecule has 0 bridgehead atoms. The molecule has 0 aromatic heterocycles. The molecule has 0 spiro atoms. The highest BCUT2D eigenvalue weighted by Gasteiger charge is 2.26. The zero-order chi connectivity index (χ0) is 13.2. The Hall–Kier alpha value is -1.55. The Morgan fingerprint density at radius 2 is 2.06 bits per heavy atom. The first-order valence-corrected chi connectivity index (χ1v) is 5.62. The Labute approximate surface area is 101 Å². The number of carboxylic acid groups (broad SMARTS) is 1. The Morgan fingerprint density at radius 3 is 2.53 bits per heavy atom. The quantitative estimate of drug-likeness (QED) is 0.749. The zero-order valence-corrected chi connectivity index (χ0v) is 10.4. The fourth-order valence-corrected chi connectivity index (χ4v) is 1.68. The Balaban J connectivity index is 3.30. The van der Waals surface area contributed by atoms with E-state index >= 15 is 0 Å². The first-order chi connectivity index (χ1) is 7.81. The Bertz CT molecular complexity index is 427. The SMILES string of the molecule is CCC(C)(C)c1cccc([C@H](N)C(=O)O)c1O. The number of nitrogens with two attached hydrogens (primary N) is 1. The van der Waals surface area contributed by atoms with Crippen LogP contribution in [0.3, 0.4) is 0 Å². The summed E-state index contributed by atoms with van der Waals surface area (Å²) in [5.74, 6) is -1.15. The molecular weight excluding hydrogens is 218 g/mol. The van der Waals surface area contributed by atoms with Crippen LogP contribution in [-0.2, 0) is 10.2 Å². The summed E-state index contributed by atoms with van der Waals surface area (Å²) in [5.41, 5.74) is 6.31. The third kappa shape index (κ3) is 2.58. The van der Waals surface area contributed by atoms with E-state index in [0.29, 0.717) is 0 Å². The van der Waals surface area contributed by atoms with Gasteiger partial charge in [0, 0.05) is 5.56 Å². The predicted molar refractivity (Wildman–Crippen MR) is 66.0 cm³/mol. The van der Waals surface area contributed by atoms with Gasteiger partial charge in [-0.25, -0.2) is 0 Å². The summed E-state index contributed by atoms with van der Waals surface area (Å²) in [4.78, 5) is 10.8. The first-order valence-electron chi connectivity index (χ1n) is 5.62. The first kappa shape index (κ1) is 13.5. The summed E-state index contributed by atoms with van der Waals surface area (Å²) >= 11 is 0. The normalized spacial score (nSPS) is 13.4. The molecule has 0 amide bonds. The molecule has 4 N–H and O–H groups in total. The van der Waals surface area contributed by atoms with Gasteiger partial charge in [0.1, 0.15) is 11.8 Å². The molecule has 0 saturated carbocycles. The number of carboxylic acids is 1. The number of aromatic hydroxyl groups is 1. The highest BCUT2D eigenvalue weighted by atomic mass is 16.4. The van der Waals surface area contributed by atoms with Gasteiger partial charge in [0.05, 0.1) is 0 Å².